The summed E-state index contributed by atoms with van der Waals surface area (Å²) in [6.45, 7) is 3.93. The summed E-state index contributed by atoms with van der Waals surface area (Å²) in [6.07, 6.45) is 9.55. The molecule has 3 rings (SSSR count). The molecule has 1 aromatic heterocycles. The van der Waals surface area contributed by atoms with Crippen molar-refractivity contribution in [3.63, 3.8) is 0 Å². The van der Waals surface area contributed by atoms with Crippen LogP contribution >= 0.6 is 0 Å². The molecule has 27 heavy (non-hydrogen) atoms. The predicted molar refractivity (Wildman–Crippen MR) is 108 cm³/mol. The zero-order valence-electron chi connectivity index (χ0n) is 16.4. The Kier molecular flexibility index (Phi) is 6.19. The molecule has 0 atom stereocenters. The number of H-pyrrole nitrogens is 1. The number of amides is 2. The van der Waals surface area contributed by atoms with Crippen LogP contribution in [0.4, 0.5) is 0 Å². The first-order valence-electron chi connectivity index (χ1n) is 10.1. The summed E-state index contributed by atoms with van der Waals surface area (Å²) in [5.74, 6) is -0.382. The summed E-state index contributed by atoms with van der Waals surface area (Å²) in [6, 6.07) is 8.34. The molecule has 1 aliphatic rings. The zero-order valence-corrected chi connectivity index (χ0v) is 16.4. The van der Waals surface area contributed by atoms with Crippen molar-refractivity contribution in [1.29, 1.82) is 0 Å². The number of carbonyl (C=O) groups excluding carboxylic acids is 2. The second-order valence-corrected chi connectivity index (χ2v) is 8.15. The third kappa shape index (κ3) is 4.71. The van der Waals surface area contributed by atoms with E-state index in [0.717, 1.165) is 37.6 Å². The van der Waals surface area contributed by atoms with E-state index in [1.807, 2.05) is 24.4 Å². The van der Waals surface area contributed by atoms with Gasteiger partial charge in [-0.1, -0.05) is 43.9 Å². The molecule has 5 nitrogen and oxygen atoms in total. The first-order chi connectivity index (χ1) is 13.0. The quantitative estimate of drug-likeness (QED) is 0.537. The maximum atomic E-state index is 12.7. The molecule has 1 fully saturated rings. The van der Waals surface area contributed by atoms with Crippen molar-refractivity contribution in [3.05, 3.63) is 36.0 Å². The minimum atomic E-state index is -1.06. The van der Waals surface area contributed by atoms with Crippen molar-refractivity contribution in [1.82, 2.24) is 15.6 Å². The maximum absolute atomic E-state index is 12.7. The van der Waals surface area contributed by atoms with Crippen LogP contribution in [0.3, 0.4) is 0 Å². The van der Waals surface area contributed by atoms with E-state index >= 15 is 0 Å². The molecular weight excluding hydrogens is 338 g/mol. The summed E-state index contributed by atoms with van der Waals surface area (Å²) in [4.78, 5) is 28.6. The van der Waals surface area contributed by atoms with Crippen molar-refractivity contribution in [3.8, 4) is 0 Å². The standard InChI is InChI=1S/C22H31N3O2/c1-22(2,21(27)25-17-9-5-3-4-6-10-17)20(26)23-14-13-16-15-24-19-12-8-7-11-18(16)19/h7-8,11-12,15,17,24H,3-6,9-10,13-14H2,1-2H3,(H,23,26)(H,25,27). The van der Waals surface area contributed by atoms with Gasteiger partial charge in [0.05, 0.1) is 0 Å². The highest BCUT2D eigenvalue weighted by Crippen LogP contribution is 2.21. The van der Waals surface area contributed by atoms with Gasteiger partial charge in [0.1, 0.15) is 5.41 Å². The topological polar surface area (TPSA) is 74.0 Å². The van der Waals surface area contributed by atoms with Gasteiger partial charge in [0, 0.05) is 29.7 Å². The van der Waals surface area contributed by atoms with Crippen molar-refractivity contribution in [2.75, 3.05) is 6.54 Å². The molecule has 0 bridgehead atoms. The zero-order chi connectivity index (χ0) is 19.3. The van der Waals surface area contributed by atoms with Gasteiger partial charge in [-0.3, -0.25) is 9.59 Å². The van der Waals surface area contributed by atoms with Crippen LogP contribution in [0, 0.1) is 5.41 Å². The summed E-state index contributed by atoms with van der Waals surface area (Å²) in [5.41, 5.74) is 1.21. The monoisotopic (exact) mass is 369 g/mol. The molecule has 1 heterocycles. The Hall–Kier alpha value is -2.30. The summed E-state index contributed by atoms with van der Waals surface area (Å²) >= 11 is 0. The lowest BCUT2D eigenvalue weighted by atomic mass is 9.90. The largest absolute Gasteiger partial charge is 0.361 e. The summed E-state index contributed by atoms with van der Waals surface area (Å²) < 4.78 is 0. The van der Waals surface area contributed by atoms with Crippen LogP contribution in [0.1, 0.15) is 57.9 Å². The van der Waals surface area contributed by atoms with Crippen LogP contribution in [0.5, 0.6) is 0 Å². The highest BCUT2D eigenvalue weighted by atomic mass is 16.2. The van der Waals surface area contributed by atoms with Gasteiger partial charge in [0.15, 0.2) is 0 Å². The van der Waals surface area contributed by atoms with E-state index in [2.05, 4.69) is 21.7 Å². The number of hydrogen-bond donors (Lipinski definition) is 3. The lowest BCUT2D eigenvalue weighted by molar-refractivity contribution is -0.141. The highest BCUT2D eigenvalue weighted by molar-refractivity contribution is 6.04. The van der Waals surface area contributed by atoms with Crippen LogP contribution in [-0.4, -0.2) is 29.4 Å². The lowest BCUT2D eigenvalue weighted by Crippen LogP contribution is -2.50. The molecule has 2 amide bonds. The average Bonchev–Trinajstić information content (AvgIpc) is 2.89. The maximum Gasteiger partial charge on any atom is 0.235 e. The van der Waals surface area contributed by atoms with Gasteiger partial charge in [0.25, 0.3) is 0 Å². The fourth-order valence-corrected chi connectivity index (χ4v) is 3.76. The first kappa shape index (κ1) is 19.5. The summed E-state index contributed by atoms with van der Waals surface area (Å²) in [5, 5.41) is 7.22. The number of hydrogen-bond acceptors (Lipinski definition) is 2. The van der Waals surface area contributed by atoms with Gasteiger partial charge in [-0.15, -0.1) is 0 Å². The Morgan fingerprint density at radius 3 is 2.52 bits per heavy atom. The third-order valence-corrected chi connectivity index (χ3v) is 5.68. The highest BCUT2D eigenvalue weighted by Gasteiger charge is 2.36. The van der Waals surface area contributed by atoms with Gasteiger partial charge in [-0.05, 0) is 44.7 Å². The predicted octanol–water partition coefficient (Wildman–Crippen LogP) is 3.69. The number of fused-ring (bicyclic) bond motifs is 1. The Bertz CT molecular complexity index is 786. The number of benzene rings is 1. The summed E-state index contributed by atoms with van der Waals surface area (Å²) in [7, 11) is 0. The molecule has 5 heteroatoms. The first-order valence-corrected chi connectivity index (χ1v) is 10.1. The molecule has 2 aromatic rings. The van der Waals surface area contributed by atoms with Crippen molar-refractivity contribution >= 4 is 22.7 Å². The molecular formula is C22H31N3O2. The average molecular weight is 370 g/mol. The third-order valence-electron chi connectivity index (χ3n) is 5.68. The fourth-order valence-electron chi connectivity index (χ4n) is 3.76. The van der Waals surface area contributed by atoms with E-state index in [0.29, 0.717) is 6.54 Å². The van der Waals surface area contributed by atoms with E-state index in [4.69, 9.17) is 0 Å². The van der Waals surface area contributed by atoms with E-state index < -0.39 is 5.41 Å². The van der Waals surface area contributed by atoms with Crippen LogP contribution in [0.2, 0.25) is 0 Å². The van der Waals surface area contributed by atoms with Crippen LogP contribution in [0.15, 0.2) is 30.5 Å². The Balaban J connectivity index is 1.51. The molecule has 1 aromatic carbocycles. The molecule has 0 radical (unpaired) electrons. The molecule has 0 spiro atoms. The molecule has 0 saturated heterocycles. The minimum Gasteiger partial charge on any atom is -0.361 e. The molecule has 0 unspecified atom stereocenters. The van der Waals surface area contributed by atoms with E-state index in [1.54, 1.807) is 13.8 Å². The van der Waals surface area contributed by atoms with E-state index in [1.165, 1.54) is 23.8 Å². The smallest absolute Gasteiger partial charge is 0.235 e. The van der Waals surface area contributed by atoms with Crippen molar-refractivity contribution < 1.29 is 9.59 Å². The second kappa shape index (κ2) is 8.59. The molecule has 1 saturated carbocycles. The number of aromatic nitrogens is 1. The van der Waals surface area contributed by atoms with Crippen LogP contribution in [0.25, 0.3) is 10.9 Å². The molecule has 0 aliphatic heterocycles. The Morgan fingerprint density at radius 1 is 1.07 bits per heavy atom. The van der Waals surface area contributed by atoms with Gasteiger partial charge in [-0.2, -0.15) is 0 Å². The number of para-hydroxylation sites is 1. The van der Waals surface area contributed by atoms with E-state index in [-0.39, 0.29) is 17.9 Å². The normalized spacial score (nSPS) is 16.1. The van der Waals surface area contributed by atoms with Crippen LogP contribution < -0.4 is 10.6 Å². The van der Waals surface area contributed by atoms with Crippen LogP contribution in [-0.2, 0) is 16.0 Å². The van der Waals surface area contributed by atoms with Crippen molar-refractivity contribution in [2.45, 2.75) is 64.8 Å². The Morgan fingerprint density at radius 2 is 1.78 bits per heavy atom. The minimum absolute atomic E-state index is 0.168. The number of aromatic amines is 1. The molecule has 1 aliphatic carbocycles. The van der Waals surface area contributed by atoms with Gasteiger partial charge in [0.2, 0.25) is 11.8 Å². The SMILES string of the molecule is CC(C)(C(=O)NCCc1c[nH]c2ccccc12)C(=O)NC1CCCCCC1. The fraction of sp³-hybridized carbons (Fsp3) is 0.545. The van der Waals surface area contributed by atoms with Gasteiger partial charge < -0.3 is 15.6 Å². The van der Waals surface area contributed by atoms with Gasteiger partial charge >= 0.3 is 0 Å². The number of nitrogens with one attached hydrogen (secondary N) is 3. The molecule has 3 N–H and O–H groups in total. The van der Waals surface area contributed by atoms with Gasteiger partial charge in [-0.25, -0.2) is 0 Å². The Labute approximate surface area is 161 Å². The molecule has 146 valence electrons. The lowest BCUT2D eigenvalue weighted by Gasteiger charge is -2.26. The van der Waals surface area contributed by atoms with E-state index in [9.17, 15) is 9.59 Å². The number of rotatable bonds is 6. The second-order valence-electron chi connectivity index (χ2n) is 8.15. The van der Waals surface area contributed by atoms with Crippen molar-refractivity contribution in [2.24, 2.45) is 5.41 Å². The number of carbonyl (C=O) groups is 2.